The zero-order valence-corrected chi connectivity index (χ0v) is 15.8. The summed E-state index contributed by atoms with van der Waals surface area (Å²) < 4.78 is 7.05. The molecule has 22 heavy (non-hydrogen) atoms. The Morgan fingerprint density at radius 1 is 1.23 bits per heavy atom. The number of benzene rings is 2. The van der Waals surface area contributed by atoms with E-state index in [0.717, 1.165) is 21.3 Å². The number of rotatable bonds is 6. The zero-order chi connectivity index (χ0) is 16.0. The maximum atomic E-state index is 11.0. The topological polar surface area (TPSA) is 38.7 Å². The van der Waals surface area contributed by atoms with Crippen LogP contribution in [0.2, 0.25) is 0 Å². The monoisotopic (exact) mass is 471 g/mol. The first-order valence-corrected chi connectivity index (χ1v) is 9.12. The summed E-state index contributed by atoms with van der Waals surface area (Å²) in [6.07, 6.45) is 1.74. The summed E-state index contributed by atoms with van der Waals surface area (Å²) in [5.74, 6) is 0.804. The van der Waals surface area contributed by atoms with E-state index in [4.69, 9.17) is 4.74 Å². The molecule has 0 radical (unpaired) electrons. The third kappa shape index (κ3) is 3.59. The molecule has 0 saturated carbocycles. The minimum Gasteiger partial charge on any atom is -0.494 e. The molecule has 3 nitrogen and oxygen atoms in total. The molecule has 0 spiro atoms. The molecule has 5 heteroatoms. The van der Waals surface area contributed by atoms with Gasteiger partial charge in [0, 0.05) is 8.90 Å². The Balaban J connectivity index is 2.56. The molecule has 0 bridgehead atoms. The van der Waals surface area contributed by atoms with E-state index in [0.29, 0.717) is 11.0 Å². The predicted molar refractivity (Wildman–Crippen MR) is 99.5 cm³/mol. The van der Waals surface area contributed by atoms with Crippen LogP contribution in [0.15, 0.2) is 58.0 Å². The Hall–Kier alpha value is -1.17. The highest BCUT2D eigenvalue weighted by atomic mass is 127. The fourth-order valence-corrected chi connectivity index (χ4v) is 3.75. The normalized spacial score (nSPS) is 13.0. The number of alkyl halides is 1. The smallest absolute Gasteiger partial charge is 0.236 e. The van der Waals surface area contributed by atoms with E-state index >= 15 is 0 Å². The summed E-state index contributed by atoms with van der Waals surface area (Å²) in [5, 5.41) is 0. The number of hydrogen-bond donors (Lipinski definition) is 0. The average Bonchev–Trinajstić information content (AvgIpc) is 2.54. The van der Waals surface area contributed by atoms with Gasteiger partial charge in [-0.05, 0) is 42.3 Å². The third-order valence-electron chi connectivity index (χ3n) is 3.37. The second-order valence-corrected chi connectivity index (χ2v) is 6.34. The van der Waals surface area contributed by atoms with Crippen LogP contribution in [0, 0.1) is 0 Å². The Morgan fingerprint density at radius 2 is 1.95 bits per heavy atom. The minimum atomic E-state index is -0.739. The lowest BCUT2D eigenvalue weighted by Crippen LogP contribution is -2.27. The van der Waals surface area contributed by atoms with Crippen molar-refractivity contribution in [3.63, 3.8) is 0 Å². The summed E-state index contributed by atoms with van der Waals surface area (Å²) in [6.45, 7) is 2.57. The molecule has 1 unspecified atom stereocenters. The first-order chi connectivity index (χ1) is 10.7. The summed E-state index contributed by atoms with van der Waals surface area (Å²) >= 11 is 5.73. The first-order valence-electron chi connectivity index (χ1n) is 6.80. The van der Waals surface area contributed by atoms with Crippen molar-refractivity contribution in [3.05, 3.63) is 64.1 Å². The van der Waals surface area contributed by atoms with Gasteiger partial charge in [0.1, 0.15) is 11.3 Å². The molecule has 0 aliphatic heterocycles. The average molecular weight is 472 g/mol. The number of carbonyl (C=O) groups excluding carboxylic acids is 1. The van der Waals surface area contributed by atoms with Crippen LogP contribution in [0.5, 0.6) is 5.75 Å². The van der Waals surface area contributed by atoms with Gasteiger partial charge in [-0.1, -0.05) is 62.8 Å². The molecule has 0 saturated heterocycles. The van der Waals surface area contributed by atoms with Gasteiger partial charge in [0.05, 0.1) is 6.61 Å². The van der Waals surface area contributed by atoms with Gasteiger partial charge in [-0.3, -0.25) is 0 Å². The highest BCUT2D eigenvalue weighted by Crippen LogP contribution is 2.37. The molecule has 2 aromatic rings. The van der Waals surface area contributed by atoms with Crippen LogP contribution in [-0.4, -0.2) is 17.1 Å². The van der Waals surface area contributed by atoms with Gasteiger partial charge in [-0.25, -0.2) is 4.79 Å². The third-order valence-corrected chi connectivity index (χ3v) is 4.97. The van der Waals surface area contributed by atoms with E-state index < -0.39 is 5.54 Å². The van der Waals surface area contributed by atoms with Crippen molar-refractivity contribution >= 4 is 44.6 Å². The Bertz CT molecular complexity index is 683. The second-order valence-electron chi connectivity index (χ2n) is 4.66. The van der Waals surface area contributed by atoms with E-state index in [-0.39, 0.29) is 0 Å². The lowest BCUT2D eigenvalue weighted by molar-refractivity contribution is 0.340. The van der Waals surface area contributed by atoms with Gasteiger partial charge < -0.3 is 4.74 Å². The first kappa shape index (κ1) is 17.2. The number of ether oxygens (including phenoxy) is 1. The van der Waals surface area contributed by atoms with Crippen LogP contribution in [0.4, 0.5) is 0 Å². The minimum absolute atomic E-state index is 0.620. The van der Waals surface area contributed by atoms with E-state index in [1.165, 1.54) is 0 Å². The largest absolute Gasteiger partial charge is 0.494 e. The quantitative estimate of drug-likeness (QED) is 0.261. The molecular weight excluding hydrogens is 457 g/mol. The Kier molecular flexibility index (Phi) is 6.17. The molecule has 1 atom stereocenters. The number of nitrogens with zero attached hydrogens (tertiary/aromatic N) is 1. The zero-order valence-electron chi connectivity index (χ0n) is 12.1. The van der Waals surface area contributed by atoms with Crippen LogP contribution in [0.3, 0.4) is 0 Å². The molecule has 0 aliphatic carbocycles. The van der Waals surface area contributed by atoms with Crippen molar-refractivity contribution in [1.82, 2.24) is 0 Å². The van der Waals surface area contributed by atoms with E-state index in [1.807, 2.05) is 55.5 Å². The molecule has 114 valence electrons. The fourth-order valence-electron chi connectivity index (χ4n) is 2.30. The van der Waals surface area contributed by atoms with Crippen LogP contribution in [0.25, 0.3) is 0 Å². The maximum absolute atomic E-state index is 11.0. The van der Waals surface area contributed by atoms with Gasteiger partial charge in [0.25, 0.3) is 0 Å². The summed E-state index contributed by atoms with van der Waals surface area (Å²) in [4.78, 5) is 15.2. The highest BCUT2D eigenvalue weighted by Gasteiger charge is 2.33. The van der Waals surface area contributed by atoms with Crippen molar-refractivity contribution in [2.75, 3.05) is 11.0 Å². The molecule has 0 heterocycles. The maximum Gasteiger partial charge on any atom is 0.236 e. The van der Waals surface area contributed by atoms with Crippen LogP contribution < -0.4 is 4.74 Å². The molecule has 2 rings (SSSR count). The SMILES string of the molecule is CCOc1ccc(C(CI)(N=C=O)c2cccc(Br)c2)cc1. The van der Waals surface area contributed by atoms with Gasteiger partial charge in [-0.15, -0.1) is 0 Å². The standard InChI is InChI=1S/C17H15BrINO2/c1-2-22-16-8-6-13(7-9-16)17(11-19,20-12-21)14-4-3-5-15(18)10-14/h3-10H,2,11H2,1H3. The fraction of sp³-hybridized carbons (Fsp3) is 0.235. The van der Waals surface area contributed by atoms with Crippen LogP contribution >= 0.6 is 38.5 Å². The van der Waals surface area contributed by atoms with E-state index in [2.05, 4.69) is 43.5 Å². The Labute approximate surface area is 152 Å². The Morgan fingerprint density at radius 3 is 2.50 bits per heavy atom. The molecular formula is C17H15BrINO2. The lowest BCUT2D eigenvalue weighted by atomic mass is 9.85. The molecule has 0 aromatic heterocycles. The summed E-state index contributed by atoms with van der Waals surface area (Å²) in [6, 6.07) is 15.5. The van der Waals surface area contributed by atoms with Crippen molar-refractivity contribution in [2.45, 2.75) is 12.5 Å². The number of halogens is 2. The van der Waals surface area contributed by atoms with Crippen molar-refractivity contribution in [1.29, 1.82) is 0 Å². The lowest BCUT2D eigenvalue weighted by Gasteiger charge is -2.27. The van der Waals surface area contributed by atoms with Gasteiger partial charge in [-0.2, -0.15) is 4.99 Å². The predicted octanol–water partition coefficient (Wildman–Crippen LogP) is 4.86. The molecule has 0 amide bonds. The van der Waals surface area contributed by atoms with Crippen LogP contribution in [-0.2, 0) is 10.3 Å². The van der Waals surface area contributed by atoms with Gasteiger partial charge in [0.15, 0.2) is 0 Å². The summed E-state index contributed by atoms with van der Waals surface area (Å²) in [7, 11) is 0. The molecule has 0 aliphatic rings. The summed E-state index contributed by atoms with van der Waals surface area (Å²) in [5.41, 5.74) is 1.15. The van der Waals surface area contributed by atoms with Gasteiger partial charge in [0.2, 0.25) is 6.08 Å². The number of hydrogen-bond acceptors (Lipinski definition) is 3. The van der Waals surface area contributed by atoms with E-state index in [1.54, 1.807) is 6.08 Å². The van der Waals surface area contributed by atoms with Crippen LogP contribution in [0.1, 0.15) is 18.1 Å². The van der Waals surface area contributed by atoms with Crippen molar-refractivity contribution in [3.8, 4) is 5.75 Å². The molecule has 0 N–H and O–H groups in total. The number of aliphatic imine (C=N–C) groups is 1. The van der Waals surface area contributed by atoms with Gasteiger partial charge >= 0.3 is 0 Å². The van der Waals surface area contributed by atoms with Crippen molar-refractivity contribution < 1.29 is 9.53 Å². The second kappa shape index (κ2) is 7.90. The molecule has 0 fully saturated rings. The number of isocyanates is 1. The highest BCUT2D eigenvalue weighted by molar-refractivity contribution is 14.1. The molecule has 2 aromatic carbocycles. The van der Waals surface area contributed by atoms with Crippen molar-refractivity contribution in [2.24, 2.45) is 4.99 Å². The van der Waals surface area contributed by atoms with E-state index in [9.17, 15) is 4.79 Å².